The van der Waals surface area contributed by atoms with Crippen LogP contribution in [0.3, 0.4) is 0 Å². The maximum absolute atomic E-state index is 12.7. The molecule has 2 aliphatic heterocycles. The van der Waals surface area contributed by atoms with E-state index in [9.17, 15) is 4.79 Å². The number of carbonyl (C=O) groups excluding carboxylic acids is 1. The maximum Gasteiger partial charge on any atom is 0.225 e. The average molecular weight is 356 g/mol. The van der Waals surface area contributed by atoms with E-state index in [1.807, 2.05) is 17.0 Å². The number of aryl methyl sites for hydroxylation is 1. The molecule has 2 aliphatic rings. The summed E-state index contributed by atoms with van der Waals surface area (Å²) in [7, 11) is 0. The zero-order valence-electron chi connectivity index (χ0n) is 15.6. The van der Waals surface area contributed by atoms with Crippen LogP contribution < -0.4 is 0 Å². The molecule has 140 valence electrons. The summed E-state index contributed by atoms with van der Waals surface area (Å²) in [5, 5.41) is 1.23. The van der Waals surface area contributed by atoms with Crippen LogP contribution in [0.5, 0.6) is 0 Å². The van der Waals surface area contributed by atoms with Gasteiger partial charge in [0, 0.05) is 42.9 Å². The highest BCUT2D eigenvalue weighted by Crippen LogP contribution is 2.29. The Morgan fingerprint density at radius 2 is 1.85 bits per heavy atom. The highest BCUT2D eigenvalue weighted by Gasteiger charge is 2.30. The molecule has 26 heavy (non-hydrogen) atoms. The number of piperidine rings is 1. The lowest BCUT2D eigenvalue weighted by atomic mass is 9.94. The van der Waals surface area contributed by atoms with Crippen LogP contribution in [-0.2, 0) is 22.5 Å². The number of ether oxygens (including phenoxy) is 1. The molecule has 1 aromatic heterocycles. The molecule has 2 aromatic rings. The molecular formula is C21H28N2O3. The Kier molecular flexibility index (Phi) is 5.27. The topological polar surface area (TPSA) is 45.9 Å². The summed E-state index contributed by atoms with van der Waals surface area (Å²) in [6.45, 7) is 7.87. The first kappa shape index (κ1) is 17.6. The zero-order chi connectivity index (χ0) is 17.9. The van der Waals surface area contributed by atoms with Gasteiger partial charge in [-0.3, -0.25) is 9.69 Å². The van der Waals surface area contributed by atoms with Crippen molar-refractivity contribution in [1.82, 2.24) is 9.80 Å². The standard InChI is InChI=1S/C21H28N2O3/c1-2-19-18(17-5-3-4-6-20(17)26-19)15-22-9-7-16(8-10-22)21(24)23-11-13-25-14-12-23/h3-6,16H,2,7-15H2,1H3. The molecule has 4 rings (SSSR count). The minimum absolute atomic E-state index is 0.177. The van der Waals surface area contributed by atoms with Gasteiger partial charge in [-0.2, -0.15) is 0 Å². The minimum Gasteiger partial charge on any atom is -0.461 e. The summed E-state index contributed by atoms with van der Waals surface area (Å²) in [5.41, 5.74) is 2.30. The molecule has 0 N–H and O–H groups in total. The molecule has 0 radical (unpaired) electrons. The fourth-order valence-electron chi connectivity index (χ4n) is 4.21. The van der Waals surface area contributed by atoms with Gasteiger partial charge in [-0.15, -0.1) is 0 Å². The zero-order valence-corrected chi connectivity index (χ0v) is 15.6. The smallest absolute Gasteiger partial charge is 0.225 e. The van der Waals surface area contributed by atoms with Gasteiger partial charge in [0.1, 0.15) is 11.3 Å². The van der Waals surface area contributed by atoms with E-state index >= 15 is 0 Å². The Morgan fingerprint density at radius 1 is 1.12 bits per heavy atom. The number of nitrogens with zero attached hydrogens (tertiary/aromatic N) is 2. The third kappa shape index (κ3) is 3.51. The SMILES string of the molecule is CCc1oc2ccccc2c1CN1CCC(C(=O)N2CCOCC2)CC1. The molecule has 5 heteroatoms. The van der Waals surface area contributed by atoms with E-state index in [1.54, 1.807) is 0 Å². The van der Waals surface area contributed by atoms with E-state index in [4.69, 9.17) is 9.15 Å². The van der Waals surface area contributed by atoms with Crippen LogP contribution in [-0.4, -0.2) is 55.1 Å². The fourth-order valence-corrected chi connectivity index (χ4v) is 4.21. The molecule has 0 spiro atoms. The third-order valence-electron chi connectivity index (χ3n) is 5.74. The van der Waals surface area contributed by atoms with Crippen molar-refractivity contribution in [2.45, 2.75) is 32.7 Å². The summed E-state index contributed by atoms with van der Waals surface area (Å²) in [6.07, 6.45) is 2.82. The molecule has 0 aliphatic carbocycles. The van der Waals surface area contributed by atoms with Crippen LogP contribution in [0.2, 0.25) is 0 Å². The number of fused-ring (bicyclic) bond motifs is 1. The van der Waals surface area contributed by atoms with Gasteiger partial charge in [-0.05, 0) is 32.0 Å². The predicted octanol–water partition coefficient (Wildman–Crippen LogP) is 3.07. The normalized spacial score (nSPS) is 20.0. The monoisotopic (exact) mass is 356 g/mol. The Morgan fingerprint density at radius 3 is 2.58 bits per heavy atom. The van der Waals surface area contributed by atoms with E-state index < -0.39 is 0 Å². The van der Waals surface area contributed by atoms with E-state index in [1.165, 1.54) is 10.9 Å². The van der Waals surface area contributed by atoms with Crippen molar-refractivity contribution in [2.75, 3.05) is 39.4 Å². The van der Waals surface area contributed by atoms with Crippen LogP contribution in [0.15, 0.2) is 28.7 Å². The number of hydrogen-bond acceptors (Lipinski definition) is 4. The molecule has 0 saturated carbocycles. The first-order valence-corrected chi connectivity index (χ1v) is 9.84. The summed E-state index contributed by atoms with van der Waals surface area (Å²) >= 11 is 0. The van der Waals surface area contributed by atoms with Gasteiger partial charge < -0.3 is 14.1 Å². The van der Waals surface area contributed by atoms with Crippen molar-refractivity contribution in [3.63, 3.8) is 0 Å². The van der Waals surface area contributed by atoms with E-state index in [0.717, 1.165) is 63.3 Å². The lowest BCUT2D eigenvalue weighted by molar-refractivity contribution is -0.141. The number of likely N-dealkylation sites (tertiary alicyclic amines) is 1. The number of rotatable bonds is 4. The summed E-state index contributed by atoms with van der Waals surface area (Å²) in [4.78, 5) is 17.1. The van der Waals surface area contributed by atoms with Gasteiger partial charge in [0.2, 0.25) is 5.91 Å². The molecule has 3 heterocycles. The predicted molar refractivity (Wildman–Crippen MR) is 101 cm³/mol. The third-order valence-corrected chi connectivity index (χ3v) is 5.74. The molecule has 2 fully saturated rings. The Hall–Kier alpha value is -1.85. The number of amides is 1. The second kappa shape index (κ2) is 7.80. The summed E-state index contributed by atoms with van der Waals surface area (Å²) in [6, 6.07) is 8.30. The lowest BCUT2D eigenvalue weighted by Crippen LogP contribution is -2.46. The highest BCUT2D eigenvalue weighted by atomic mass is 16.5. The van der Waals surface area contributed by atoms with Crippen molar-refractivity contribution in [3.8, 4) is 0 Å². The van der Waals surface area contributed by atoms with Gasteiger partial charge in [0.05, 0.1) is 13.2 Å². The largest absolute Gasteiger partial charge is 0.461 e. The molecule has 0 unspecified atom stereocenters. The van der Waals surface area contributed by atoms with Crippen LogP contribution in [0.4, 0.5) is 0 Å². The number of morpholine rings is 1. The van der Waals surface area contributed by atoms with Crippen molar-refractivity contribution in [1.29, 1.82) is 0 Å². The lowest BCUT2D eigenvalue weighted by Gasteiger charge is -2.35. The van der Waals surface area contributed by atoms with E-state index in [-0.39, 0.29) is 5.92 Å². The van der Waals surface area contributed by atoms with Crippen LogP contribution in [0.1, 0.15) is 31.1 Å². The van der Waals surface area contributed by atoms with Crippen molar-refractivity contribution in [3.05, 3.63) is 35.6 Å². The molecule has 1 aromatic carbocycles. The quantitative estimate of drug-likeness (QED) is 0.845. The second-order valence-corrected chi connectivity index (χ2v) is 7.34. The Balaban J connectivity index is 1.39. The molecule has 2 saturated heterocycles. The molecule has 1 amide bonds. The van der Waals surface area contributed by atoms with Gasteiger partial charge >= 0.3 is 0 Å². The van der Waals surface area contributed by atoms with Crippen LogP contribution >= 0.6 is 0 Å². The number of carbonyl (C=O) groups is 1. The van der Waals surface area contributed by atoms with Gasteiger partial charge in [0.25, 0.3) is 0 Å². The number of furan rings is 1. The van der Waals surface area contributed by atoms with Crippen molar-refractivity contribution >= 4 is 16.9 Å². The molecule has 5 nitrogen and oxygen atoms in total. The number of benzene rings is 1. The first-order valence-electron chi connectivity index (χ1n) is 9.84. The number of para-hydroxylation sites is 1. The van der Waals surface area contributed by atoms with E-state index in [0.29, 0.717) is 19.1 Å². The maximum atomic E-state index is 12.7. The van der Waals surface area contributed by atoms with E-state index in [2.05, 4.69) is 24.0 Å². The molecule has 0 bridgehead atoms. The molecule has 0 atom stereocenters. The highest BCUT2D eigenvalue weighted by molar-refractivity contribution is 5.82. The van der Waals surface area contributed by atoms with Crippen LogP contribution in [0.25, 0.3) is 11.0 Å². The number of hydrogen-bond donors (Lipinski definition) is 0. The average Bonchev–Trinajstić information content (AvgIpc) is 3.06. The van der Waals surface area contributed by atoms with Gasteiger partial charge in [-0.25, -0.2) is 0 Å². The Bertz CT molecular complexity index is 756. The summed E-state index contributed by atoms with van der Waals surface area (Å²) < 4.78 is 11.4. The fraction of sp³-hybridized carbons (Fsp3) is 0.571. The van der Waals surface area contributed by atoms with Gasteiger partial charge in [-0.1, -0.05) is 25.1 Å². The Labute approximate surface area is 154 Å². The van der Waals surface area contributed by atoms with Crippen molar-refractivity contribution in [2.24, 2.45) is 5.92 Å². The molecular weight excluding hydrogens is 328 g/mol. The first-order chi connectivity index (χ1) is 12.8. The summed E-state index contributed by atoms with van der Waals surface area (Å²) in [5.74, 6) is 1.60. The van der Waals surface area contributed by atoms with Gasteiger partial charge in [0.15, 0.2) is 0 Å². The second-order valence-electron chi connectivity index (χ2n) is 7.34. The van der Waals surface area contributed by atoms with Crippen LogP contribution in [0, 0.1) is 5.92 Å². The minimum atomic E-state index is 0.177. The van der Waals surface area contributed by atoms with Crippen molar-refractivity contribution < 1.29 is 13.9 Å².